The van der Waals surface area contributed by atoms with E-state index in [-0.39, 0.29) is 0 Å². The minimum Gasteiger partial charge on any atom is -0.368 e. The third-order valence-corrected chi connectivity index (χ3v) is 9.08. The lowest BCUT2D eigenvalue weighted by atomic mass is 10.0. The normalized spacial score (nSPS) is 15.0. The molecule has 0 aliphatic carbocycles. The van der Waals surface area contributed by atoms with Crippen molar-refractivity contribution in [2.75, 3.05) is 37.3 Å². The van der Waals surface area contributed by atoms with Crippen LogP contribution in [0.2, 0.25) is 5.02 Å². The van der Waals surface area contributed by atoms with Crippen LogP contribution < -0.4 is 10.5 Å². The summed E-state index contributed by atoms with van der Waals surface area (Å²) in [6.07, 6.45) is 3.51. The van der Waals surface area contributed by atoms with E-state index in [1.54, 1.807) is 12.5 Å². The molecule has 3 aromatic carbocycles. The van der Waals surface area contributed by atoms with E-state index in [1.807, 2.05) is 75.9 Å². The number of aryl methyl sites for hydroxylation is 2. The Hall–Kier alpha value is -3.97. The largest absolute Gasteiger partial charge is 0.368 e. The number of imidazole rings is 1. The number of nitriles is 1. The summed E-state index contributed by atoms with van der Waals surface area (Å²) in [5, 5.41) is 20.9. The van der Waals surface area contributed by atoms with Crippen molar-refractivity contribution in [3.8, 4) is 22.9 Å². The van der Waals surface area contributed by atoms with Crippen LogP contribution in [-0.4, -0.2) is 55.1 Å². The Kier molecular flexibility index (Phi) is 6.70. The Bertz CT molecular complexity index is 1910. The monoisotopic (exact) mass is 569 g/mol. The molecule has 1 aliphatic heterocycles. The molecule has 1 atom stereocenters. The highest BCUT2D eigenvalue weighted by atomic mass is 35.5. The lowest BCUT2D eigenvalue weighted by Crippen LogP contribution is -2.47. The standard InChI is InChI=1S/C30H28ClN7OS/c1-19-14-27(36-10-12-37(13-11-36)40(3)39)22(17-32)16-26(19)38-29-24-15-21(20-4-7-23(31)8-5-20)6-9-25(24)34-18-28(29)35(2)30(38)33/h4-9,14-16,18,33H,10-13H2,1-3H3. The number of halogens is 1. The zero-order valence-electron chi connectivity index (χ0n) is 22.5. The molecular formula is C30H28ClN7OS. The van der Waals surface area contributed by atoms with Crippen LogP contribution >= 0.6 is 11.6 Å². The predicted molar refractivity (Wildman–Crippen MR) is 161 cm³/mol. The van der Waals surface area contributed by atoms with Crippen LogP contribution in [0.1, 0.15) is 11.1 Å². The molecule has 1 N–H and O–H groups in total. The number of piperazine rings is 1. The van der Waals surface area contributed by atoms with Crippen LogP contribution in [0.15, 0.2) is 60.8 Å². The Morgan fingerprint density at radius 2 is 1.70 bits per heavy atom. The Labute approximate surface area is 239 Å². The van der Waals surface area contributed by atoms with Crippen LogP contribution in [-0.2, 0) is 18.0 Å². The Morgan fingerprint density at radius 1 is 1.00 bits per heavy atom. The van der Waals surface area contributed by atoms with Crippen molar-refractivity contribution >= 4 is 50.2 Å². The van der Waals surface area contributed by atoms with Gasteiger partial charge in [0.1, 0.15) is 6.07 Å². The summed E-state index contributed by atoms with van der Waals surface area (Å²) in [6.45, 7) is 4.77. The predicted octanol–water partition coefficient (Wildman–Crippen LogP) is 4.91. The highest BCUT2D eigenvalue weighted by molar-refractivity contribution is 7.81. The molecule has 5 aromatic rings. The lowest BCUT2D eigenvalue weighted by Gasteiger charge is -2.35. The molecule has 1 fully saturated rings. The minimum absolute atomic E-state index is 0.292. The van der Waals surface area contributed by atoms with Crippen molar-refractivity contribution < 1.29 is 4.21 Å². The van der Waals surface area contributed by atoms with Crippen LogP contribution in [0.4, 0.5) is 5.69 Å². The molecule has 0 radical (unpaired) electrons. The first kappa shape index (κ1) is 26.3. The molecule has 3 heterocycles. The van der Waals surface area contributed by atoms with Gasteiger partial charge in [0.15, 0.2) is 0 Å². The van der Waals surface area contributed by atoms with Crippen LogP contribution in [0.3, 0.4) is 0 Å². The maximum atomic E-state index is 11.9. The molecule has 202 valence electrons. The molecular weight excluding hydrogens is 542 g/mol. The van der Waals surface area contributed by atoms with Gasteiger partial charge in [0, 0.05) is 49.9 Å². The van der Waals surface area contributed by atoms with E-state index in [4.69, 9.17) is 22.0 Å². The Morgan fingerprint density at radius 3 is 2.38 bits per heavy atom. The van der Waals surface area contributed by atoms with E-state index in [2.05, 4.69) is 17.0 Å². The number of aromatic nitrogens is 3. The molecule has 8 nitrogen and oxygen atoms in total. The number of nitrogens with zero attached hydrogens (tertiary/aromatic N) is 6. The first-order valence-electron chi connectivity index (χ1n) is 13.0. The van der Waals surface area contributed by atoms with Crippen molar-refractivity contribution in [1.82, 2.24) is 18.4 Å². The maximum absolute atomic E-state index is 11.9. The topological polar surface area (TPSA) is 93.9 Å². The first-order valence-corrected chi connectivity index (χ1v) is 14.9. The second-order valence-electron chi connectivity index (χ2n) is 10.1. The zero-order chi connectivity index (χ0) is 28.1. The molecule has 10 heteroatoms. The van der Waals surface area contributed by atoms with Crippen molar-refractivity contribution in [2.24, 2.45) is 7.05 Å². The molecule has 40 heavy (non-hydrogen) atoms. The second kappa shape index (κ2) is 10.2. The smallest absolute Gasteiger partial charge is 0.207 e. The number of hydrogen-bond donors (Lipinski definition) is 1. The van der Waals surface area contributed by atoms with Crippen molar-refractivity contribution in [3.63, 3.8) is 0 Å². The maximum Gasteiger partial charge on any atom is 0.207 e. The fourth-order valence-electron chi connectivity index (χ4n) is 5.53. The summed E-state index contributed by atoms with van der Waals surface area (Å²) in [6, 6.07) is 20.2. The molecule has 0 saturated carbocycles. The first-order chi connectivity index (χ1) is 19.3. The summed E-state index contributed by atoms with van der Waals surface area (Å²) in [5.74, 6) is 0. The number of nitrogens with one attached hydrogen (secondary N) is 1. The third-order valence-electron chi connectivity index (χ3n) is 7.73. The molecule has 1 saturated heterocycles. The van der Waals surface area contributed by atoms with Gasteiger partial charge in [-0.15, -0.1) is 0 Å². The van der Waals surface area contributed by atoms with E-state index >= 15 is 0 Å². The van der Waals surface area contributed by atoms with Crippen LogP contribution in [0, 0.1) is 23.7 Å². The number of fused-ring (bicyclic) bond motifs is 3. The number of rotatable bonds is 4. The highest BCUT2D eigenvalue weighted by Gasteiger charge is 2.23. The van der Waals surface area contributed by atoms with Crippen molar-refractivity contribution in [2.45, 2.75) is 6.92 Å². The average Bonchev–Trinajstić information content (AvgIpc) is 3.22. The summed E-state index contributed by atoms with van der Waals surface area (Å²) < 4.78 is 17.6. The number of anilines is 1. The van der Waals surface area contributed by atoms with Gasteiger partial charge in [-0.05, 0) is 60.0 Å². The van der Waals surface area contributed by atoms with E-state index in [0.717, 1.165) is 50.0 Å². The van der Waals surface area contributed by atoms with Gasteiger partial charge in [0.25, 0.3) is 0 Å². The molecule has 1 aliphatic rings. The highest BCUT2D eigenvalue weighted by Crippen LogP contribution is 2.33. The fourth-order valence-corrected chi connectivity index (χ4v) is 6.34. The van der Waals surface area contributed by atoms with E-state index in [9.17, 15) is 9.47 Å². The van der Waals surface area contributed by atoms with Gasteiger partial charge in [-0.1, -0.05) is 29.8 Å². The average molecular weight is 570 g/mol. The summed E-state index contributed by atoms with van der Waals surface area (Å²) in [5.41, 5.74) is 8.04. The fraction of sp³-hybridized carbons (Fsp3) is 0.233. The second-order valence-corrected chi connectivity index (χ2v) is 11.9. The van der Waals surface area contributed by atoms with Gasteiger partial charge in [-0.2, -0.15) is 5.26 Å². The molecule has 6 rings (SSSR count). The summed E-state index contributed by atoms with van der Waals surface area (Å²) in [7, 11) is 0.865. The molecule has 1 unspecified atom stereocenters. The van der Waals surface area contributed by atoms with Crippen molar-refractivity contribution in [3.05, 3.63) is 82.6 Å². The number of pyridine rings is 1. The zero-order valence-corrected chi connectivity index (χ0v) is 24.1. The van der Waals surface area contributed by atoms with Gasteiger partial charge >= 0.3 is 0 Å². The summed E-state index contributed by atoms with van der Waals surface area (Å²) in [4.78, 5) is 6.88. The molecule has 0 amide bonds. The summed E-state index contributed by atoms with van der Waals surface area (Å²) >= 11 is 6.12. The van der Waals surface area contributed by atoms with Gasteiger partial charge in [-0.3, -0.25) is 15.0 Å². The SMILES string of the molecule is Cc1cc(N2CCN(S(C)=O)CC2)c(C#N)cc1-n1c(=N)n(C)c2cnc3ccc(-c4ccc(Cl)cc4)cc3c21. The van der Waals surface area contributed by atoms with Gasteiger partial charge in [0.2, 0.25) is 5.62 Å². The number of benzene rings is 3. The molecule has 0 spiro atoms. The van der Waals surface area contributed by atoms with Gasteiger partial charge < -0.3 is 9.47 Å². The molecule has 2 aromatic heterocycles. The quantitative estimate of drug-likeness (QED) is 0.333. The lowest BCUT2D eigenvalue weighted by molar-refractivity contribution is 0.412. The minimum atomic E-state index is -1.00. The van der Waals surface area contributed by atoms with Gasteiger partial charge in [0.05, 0.1) is 50.7 Å². The van der Waals surface area contributed by atoms with E-state index in [0.29, 0.717) is 42.4 Å². The van der Waals surface area contributed by atoms with Crippen LogP contribution in [0.25, 0.3) is 38.8 Å². The third kappa shape index (κ3) is 4.38. The number of hydrogen-bond acceptors (Lipinski definition) is 5. The van der Waals surface area contributed by atoms with Crippen LogP contribution in [0.5, 0.6) is 0 Å². The van der Waals surface area contributed by atoms with E-state index < -0.39 is 11.0 Å². The van der Waals surface area contributed by atoms with Crippen molar-refractivity contribution in [1.29, 1.82) is 10.7 Å². The van der Waals surface area contributed by atoms with E-state index in [1.165, 1.54) is 0 Å². The Balaban J connectivity index is 1.53. The molecule has 0 bridgehead atoms. The van der Waals surface area contributed by atoms with Gasteiger partial charge in [-0.25, -0.2) is 8.51 Å².